The van der Waals surface area contributed by atoms with E-state index >= 15 is 0 Å². The quantitative estimate of drug-likeness (QED) is 0.475. The zero-order valence-corrected chi connectivity index (χ0v) is 13.0. The largest absolute Gasteiger partial charge is 0.503 e. The number of ether oxygens (including phenoxy) is 3. The number of hydrogen-bond acceptors (Lipinski definition) is 6. The van der Waals surface area contributed by atoms with E-state index in [9.17, 15) is 9.59 Å². The zero-order valence-electron chi connectivity index (χ0n) is 13.0. The van der Waals surface area contributed by atoms with Gasteiger partial charge in [-0.3, -0.25) is 4.79 Å². The molecular weight excluding hydrogens is 300 g/mol. The number of methoxy groups -OCH3 is 2. The summed E-state index contributed by atoms with van der Waals surface area (Å²) in [6.07, 6.45) is 2.62. The number of esters is 1. The molecule has 0 amide bonds. The monoisotopic (exact) mass is 316 g/mol. The molecule has 1 heterocycles. The summed E-state index contributed by atoms with van der Waals surface area (Å²) >= 11 is 0. The molecule has 23 heavy (non-hydrogen) atoms. The first-order valence-electron chi connectivity index (χ1n) is 6.68. The fourth-order valence-electron chi connectivity index (χ4n) is 1.84. The van der Waals surface area contributed by atoms with Gasteiger partial charge in [-0.15, -0.1) is 0 Å². The Morgan fingerprint density at radius 3 is 2.65 bits per heavy atom. The van der Waals surface area contributed by atoms with Crippen molar-refractivity contribution < 1.29 is 19.0 Å². The molecule has 0 fully saturated rings. The lowest BCUT2D eigenvalue weighted by molar-refractivity contribution is -0.133. The van der Waals surface area contributed by atoms with Crippen LogP contribution < -0.4 is 10.3 Å². The summed E-state index contributed by atoms with van der Waals surface area (Å²) in [5.74, 6) is -0.0935. The van der Waals surface area contributed by atoms with Gasteiger partial charge in [-0.1, -0.05) is 18.2 Å². The molecule has 0 bridgehead atoms. The van der Waals surface area contributed by atoms with Crippen molar-refractivity contribution in [2.45, 2.75) is 0 Å². The van der Waals surface area contributed by atoms with E-state index in [0.717, 1.165) is 0 Å². The van der Waals surface area contributed by atoms with E-state index in [0.29, 0.717) is 11.3 Å². The van der Waals surface area contributed by atoms with Crippen LogP contribution >= 0.6 is 0 Å². The molecule has 7 heteroatoms. The normalized spacial score (nSPS) is 11.0. The van der Waals surface area contributed by atoms with Crippen LogP contribution in [0.2, 0.25) is 0 Å². The van der Waals surface area contributed by atoms with E-state index in [-0.39, 0.29) is 17.0 Å². The van der Waals surface area contributed by atoms with Gasteiger partial charge < -0.3 is 18.8 Å². The van der Waals surface area contributed by atoms with E-state index in [4.69, 9.17) is 14.2 Å². The zero-order chi connectivity index (χ0) is 16.8. The summed E-state index contributed by atoms with van der Waals surface area (Å²) in [4.78, 5) is 27.6. The Hall–Kier alpha value is -3.09. The molecule has 0 N–H and O–H groups in total. The lowest BCUT2D eigenvalue weighted by atomic mass is 10.1. The second-order valence-corrected chi connectivity index (χ2v) is 4.53. The molecule has 2 rings (SSSR count). The number of para-hydroxylation sites is 1. The van der Waals surface area contributed by atoms with Crippen LogP contribution in [0.5, 0.6) is 11.6 Å². The lowest BCUT2D eigenvalue weighted by Gasteiger charge is -2.12. The molecule has 0 atom stereocenters. The van der Waals surface area contributed by atoms with Gasteiger partial charge in [0.1, 0.15) is 17.6 Å². The molecule has 2 aromatic rings. The fraction of sp³-hybridized carbons (Fsp3) is 0.188. The Labute approximate surface area is 132 Å². The van der Waals surface area contributed by atoms with Crippen molar-refractivity contribution in [1.29, 1.82) is 0 Å². The van der Waals surface area contributed by atoms with Crippen molar-refractivity contribution in [3.63, 3.8) is 0 Å². The maximum atomic E-state index is 11.9. The van der Waals surface area contributed by atoms with Crippen LogP contribution in [0.25, 0.3) is 5.57 Å². The molecular formula is C16H16N2O5. The summed E-state index contributed by atoms with van der Waals surface area (Å²) in [7, 11) is 4.29. The van der Waals surface area contributed by atoms with Crippen molar-refractivity contribution in [3.05, 3.63) is 58.8 Å². The third kappa shape index (κ3) is 3.76. The SMILES string of the molecule is CO/C=C(/C(=O)OC)c1ccccc1Oc1cc(=O)n(C)cn1. The van der Waals surface area contributed by atoms with Gasteiger partial charge >= 0.3 is 5.97 Å². The molecule has 0 unspecified atom stereocenters. The third-order valence-corrected chi connectivity index (χ3v) is 2.99. The molecule has 0 radical (unpaired) electrons. The first-order valence-corrected chi connectivity index (χ1v) is 6.68. The molecule has 1 aromatic carbocycles. The molecule has 0 spiro atoms. The highest BCUT2D eigenvalue weighted by Crippen LogP contribution is 2.29. The van der Waals surface area contributed by atoms with E-state index in [1.807, 2.05) is 0 Å². The minimum atomic E-state index is -0.570. The van der Waals surface area contributed by atoms with Gasteiger partial charge in [0.05, 0.1) is 26.5 Å². The van der Waals surface area contributed by atoms with Crippen molar-refractivity contribution in [2.75, 3.05) is 14.2 Å². The van der Waals surface area contributed by atoms with Crippen molar-refractivity contribution in [1.82, 2.24) is 9.55 Å². The Balaban J connectivity index is 2.44. The maximum absolute atomic E-state index is 11.9. The minimum Gasteiger partial charge on any atom is -0.503 e. The summed E-state index contributed by atoms with van der Waals surface area (Å²) in [5.41, 5.74) is 0.395. The van der Waals surface area contributed by atoms with Gasteiger partial charge in [-0.05, 0) is 6.07 Å². The highest BCUT2D eigenvalue weighted by atomic mass is 16.5. The predicted molar refractivity (Wildman–Crippen MR) is 83.0 cm³/mol. The number of hydrogen-bond donors (Lipinski definition) is 0. The average molecular weight is 316 g/mol. The Bertz CT molecular complexity index is 795. The smallest absolute Gasteiger partial charge is 0.341 e. The first kappa shape index (κ1) is 16.3. The number of carbonyl (C=O) groups excluding carboxylic acids is 1. The van der Waals surface area contributed by atoms with Crippen LogP contribution in [0.1, 0.15) is 5.56 Å². The highest BCUT2D eigenvalue weighted by Gasteiger charge is 2.18. The second-order valence-electron chi connectivity index (χ2n) is 4.53. The molecule has 1 aromatic heterocycles. The standard InChI is InChI=1S/C16H16N2O5/c1-18-10-17-14(8-15(18)19)23-13-7-5-4-6-11(13)12(9-21-2)16(20)22-3/h4-10H,1-3H3/b12-9+. The number of carbonyl (C=O) groups is 1. The van der Waals surface area contributed by atoms with Crippen molar-refractivity contribution >= 4 is 11.5 Å². The molecule has 0 aliphatic carbocycles. The molecule has 120 valence electrons. The topological polar surface area (TPSA) is 79.7 Å². The van der Waals surface area contributed by atoms with Crippen LogP contribution in [0.4, 0.5) is 0 Å². The third-order valence-electron chi connectivity index (χ3n) is 2.99. The van der Waals surface area contributed by atoms with Crippen LogP contribution in [0.15, 0.2) is 47.7 Å². The van der Waals surface area contributed by atoms with Gasteiger partial charge in [-0.25, -0.2) is 9.78 Å². The van der Waals surface area contributed by atoms with Crippen LogP contribution in [-0.4, -0.2) is 29.7 Å². The van der Waals surface area contributed by atoms with E-state index in [1.54, 1.807) is 31.3 Å². The Kier molecular flexibility index (Phi) is 5.14. The summed E-state index contributed by atoms with van der Waals surface area (Å²) in [5, 5.41) is 0. The van der Waals surface area contributed by atoms with Crippen LogP contribution in [0.3, 0.4) is 0 Å². The number of nitrogens with zero attached hydrogens (tertiary/aromatic N) is 2. The van der Waals surface area contributed by atoms with Gasteiger partial charge in [0, 0.05) is 12.6 Å². The van der Waals surface area contributed by atoms with Gasteiger partial charge in [0.15, 0.2) is 0 Å². The maximum Gasteiger partial charge on any atom is 0.341 e. The molecule has 0 saturated heterocycles. The first-order chi connectivity index (χ1) is 11.1. The van der Waals surface area contributed by atoms with E-state index in [1.165, 1.54) is 37.4 Å². The lowest BCUT2D eigenvalue weighted by Crippen LogP contribution is -2.15. The predicted octanol–water partition coefficient (Wildman–Crippen LogP) is 1.73. The van der Waals surface area contributed by atoms with Crippen molar-refractivity contribution in [3.8, 4) is 11.6 Å². The molecule has 0 aliphatic heterocycles. The minimum absolute atomic E-state index is 0.127. The number of rotatable bonds is 5. The van der Waals surface area contributed by atoms with Gasteiger partial charge in [0.2, 0.25) is 5.88 Å². The van der Waals surface area contributed by atoms with E-state index < -0.39 is 5.97 Å². The average Bonchev–Trinajstić information content (AvgIpc) is 2.56. The summed E-state index contributed by atoms with van der Waals surface area (Å²) < 4.78 is 16.6. The number of aromatic nitrogens is 2. The Morgan fingerprint density at radius 2 is 2.00 bits per heavy atom. The van der Waals surface area contributed by atoms with Crippen LogP contribution in [-0.2, 0) is 21.3 Å². The summed E-state index contributed by atoms with van der Waals surface area (Å²) in [6.45, 7) is 0. The van der Waals surface area contributed by atoms with Crippen LogP contribution in [0, 0.1) is 0 Å². The fourth-order valence-corrected chi connectivity index (χ4v) is 1.84. The van der Waals surface area contributed by atoms with Gasteiger partial charge in [0.25, 0.3) is 5.56 Å². The molecule has 0 aliphatic rings. The number of aryl methyl sites for hydroxylation is 1. The molecule has 7 nitrogen and oxygen atoms in total. The summed E-state index contributed by atoms with van der Waals surface area (Å²) in [6, 6.07) is 8.07. The highest BCUT2D eigenvalue weighted by molar-refractivity contribution is 6.17. The molecule has 0 saturated carbocycles. The second kappa shape index (κ2) is 7.26. The van der Waals surface area contributed by atoms with Crippen molar-refractivity contribution in [2.24, 2.45) is 7.05 Å². The Morgan fingerprint density at radius 1 is 1.26 bits per heavy atom. The number of benzene rings is 1. The van der Waals surface area contributed by atoms with Gasteiger partial charge in [-0.2, -0.15) is 0 Å². The van der Waals surface area contributed by atoms with E-state index in [2.05, 4.69) is 4.98 Å².